The number of rotatable bonds is 6. The fourth-order valence-electron chi connectivity index (χ4n) is 3.22. The fraction of sp³-hybridized carbons (Fsp3) is 0.929. The molecule has 18 heavy (non-hydrogen) atoms. The Labute approximate surface area is 110 Å². The van der Waals surface area contributed by atoms with Crippen LogP contribution in [0.25, 0.3) is 0 Å². The molecule has 0 aromatic rings. The Kier molecular flexibility index (Phi) is 5.17. The standard InChI is InChI=1S/C14H27NO3/c1-6-18-12(16)14(15-7-8-17-5)10-13(3,4)9-11(14)2/h11,15H,6-10H2,1-5H3. The van der Waals surface area contributed by atoms with Gasteiger partial charge in [0.2, 0.25) is 0 Å². The molecule has 4 nitrogen and oxygen atoms in total. The predicted octanol–water partition coefficient (Wildman–Crippen LogP) is 1.98. The molecular formula is C14H27NO3. The second-order valence-corrected chi connectivity index (χ2v) is 6.06. The van der Waals surface area contributed by atoms with Gasteiger partial charge < -0.3 is 9.47 Å². The van der Waals surface area contributed by atoms with Gasteiger partial charge in [-0.3, -0.25) is 10.1 Å². The van der Waals surface area contributed by atoms with Crippen LogP contribution >= 0.6 is 0 Å². The number of hydrogen-bond acceptors (Lipinski definition) is 4. The molecule has 0 bridgehead atoms. The van der Waals surface area contributed by atoms with Crippen molar-refractivity contribution in [3.8, 4) is 0 Å². The highest BCUT2D eigenvalue weighted by atomic mass is 16.5. The van der Waals surface area contributed by atoms with Gasteiger partial charge in [-0.05, 0) is 31.1 Å². The van der Waals surface area contributed by atoms with Crippen molar-refractivity contribution in [1.82, 2.24) is 5.32 Å². The Morgan fingerprint density at radius 3 is 2.56 bits per heavy atom. The molecule has 1 fully saturated rings. The maximum Gasteiger partial charge on any atom is 0.326 e. The summed E-state index contributed by atoms with van der Waals surface area (Å²) < 4.78 is 10.3. The van der Waals surface area contributed by atoms with Crippen molar-refractivity contribution in [2.24, 2.45) is 11.3 Å². The number of hydrogen-bond donors (Lipinski definition) is 1. The van der Waals surface area contributed by atoms with E-state index in [0.29, 0.717) is 19.8 Å². The van der Waals surface area contributed by atoms with Crippen LogP contribution in [0, 0.1) is 11.3 Å². The van der Waals surface area contributed by atoms with E-state index in [1.807, 2.05) is 6.92 Å². The van der Waals surface area contributed by atoms with Crippen LogP contribution in [0.1, 0.15) is 40.5 Å². The van der Waals surface area contributed by atoms with E-state index in [4.69, 9.17) is 9.47 Å². The van der Waals surface area contributed by atoms with Crippen LogP contribution in [0.4, 0.5) is 0 Å². The topological polar surface area (TPSA) is 47.6 Å². The van der Waals surface area contributed by atoms with Gasteiger partial charge in [-0.15, -0.1) is 0 Å². The lowest BCUT2D eigenvalue weighted by atomic mass is 9.86. The van der Waals surface area contributed by atoms with Gasteiger partial charge in [0.15, 0.2) is 0 Å². The van der Waals surface area contributed by atoms with Crippen molar-refractivity contribution in [2.45, 2.75) is 46.1 Å². The quantitative estimate of drug-likeness (QED) is 0.584. The minimum atomic E-state index is -0.544. The largest absolute Gasteiger partial charge is 0.465 e. The SMILES string of the molecule is CCOC(=O)C1(NCCOC)CC(C)(C)CC1C. The van der Waals surface area contributed by atoms with Gasteiger partial charge in [0.1, 0.15) is 5.54 Å². The normalized spacial score (nSPS) is 30.4. The third-order valence-electron chi connectivity index (χ3n) is 3.84. The van der Waals surface area contributed by atoms with Crippen LogP contribution in [0.15, 0.2) is 0 Å². The summed E-state index contributed by atoms with van der Waals surface area (Å²) in [6.45, 7) is 10.1. The Hall–Kier alpha value is -0.610. The van der Waals surface area contributed by atoms with Crippen molar-refractivity contribution in [3.05, 3.63) is 0 Å². The average molecular weight is 257 g/mol. The molecule has 0 radical (unpaired) electrons. The fourth-order valence-corrected chi connectivity index (χ4v) is 3.22. The van der Waals surface area contributed by atoms with Gasteiger partial charge in [-0.2, -0.15) is 0 Å². The zero-order chi connectivity index (χ0) is 13.8. The maximum atomic E-state index is 12.3. The molecule has 4 heteroatoms. The monoisotopic (exact) mass is 257 g/mol. The number of carbonyl (C=O) groups is 1. The minimum Gasteiger partial charge on any atom is -0.465 e. The minimum absolute atomic E-state index is 0.112. The van der Waals surface area contributed by atoms with E-state index < -0.39 is 5.54 Å². The number of nitrogens with one attached hydrogen (secondary N) is 1. The summed E-state index contributed by atoms with van der Waals surface area (Å²) in [4.78, 5) is 12.3. The summed E-state index contributed by atoms with van der Waals surface area (Å²) >= 11 is 0. The molecule has 2 unspecified atom stereocenters. The van der Waals surface area contributed by atoms with E-state index in [1.54, 1.807) is 7.11 Å². The van der Waals surface area contributed by atoms with Gasteiger partial charge in [0.05, 0.1) is 13.2 Å². The molecule has 0 amide bonds. The average Bonchev–Trinajstić information content (AvgIpc) is 2.50. The van der Waals surface area contributed by atoms with E-state index in [9.17, 15) is 4.79 Å². The smallest absolute Gasteiger partial charge is 0.326 e. The number of methoxy groups -OCH3 is 1. The molecule has 2 atom stereocenters. The number of ether oxygens (including phenoxy) is 2. The van der Waals surface area contributed by atoms with Crippen LogP contribution < -0.4 is 5.32 Å². The lowest BCUT2D eigenvalue weighted by molar-refractivity contribution is -0.153. The van der Waals surface area contributed by atoms with Crippen LogP contribution in [-0.2, 0) is 14.3 Å². The molecule has 0 aromatic carbocycles. The Bertz CT molecular complexity index is 291. The summed E-state index contributed by atoms with van der Waals surface area (Å²) in [5, 5.41) is 3.39. The molecule has 1 N–H and O–H groups in total. The first kappa shape index (κ1) is 15.4. The lowest BCUT2D eigenvalue weighted by Crippen LogP contribution is -2.56. The van der Waals surface area contributed by atoms with Crippen molar-refractivity contribution in [2.75, 3.05) is 26.9 Å². The van der Waals surface area contributed by atoms with Gasteiger partial charge in [-0.1, -0.05) is 20.8 Å². The Balaban J connectivity index is 2.84. The molecule has 1 rings (SSSR count). The van der Waals surface area contributed by atoms with Crippen molar-refractivity contribution in [1.29, 1.82) is 0 Å². The molecule has 0 saturated heterocycles. The summed E-state index contributed by atoms with van der Waals surface area (Å²) in [5.41, 5.74) is -0.371. The van der Waals surface area contributed by atoms with E-state index in [2.05, 4.69) is 26.1 Å². The highest BCUT2D eigenvalue weighted by Gasteiger charge is 2.54. The van der Waals surface area contributed by atoms with Gasteiger partial charge in [-0.25, -0.2) is 0 Å². The molecule has 0 aromatic heterocycles. The van der Waals surface area contributed by atoms with Gasteiger partial charge in [0, 0.05) is 13.7 Å². The van der Waals surface area contributed by atoms with E-state index >= 15 is 0 Å². The van der Waals surface area contributed by atoms with Crippen molar-refractivity contribution >= 4 is 5.97 Å². The first-order valence-corrected chi connectivity index (χ1v) is 6.79. The summed E-state index contributed by atoms with van der Waals surface area (Å²) in [5.74, 6) is 0.169. The van der Waals surface area contributed by atoms with Crippen LogP contribution in [-0.4, -0.2) is 38.4 Å². The van der Waals surface area contributed by atoms with E-state index in [-0.39, 0.29) is 17.3 Å². The third-order valence-corrected chi connectivity index (χ3v) is 3.84. The molecule has 0 aliphatic heterocycles. The molecule has 0 spiro atoms. The van der Waals surface area contributed by atoms with Crippen LogP contribution in [0.5, 0.6) is 0 Å². The predicted molar refractivity (Wildman–Crippen MR) is 71.4 cm³/mol. The first-order chi connectivity index (χ1) is 8.38. The molecular weight excluding hydrogens is 230 g/mol. The molecule has 1 saturated carbocycles. The summed E-state index contributed by atoms with van der Waals surface area (Å²) in [6.07, 6.45) is 1.86. The van der Waals surface area contributed by atoms with Crippen molar-refractivity contribution in [3.63, 3.8) is 0 Å². The van der Waals surface area contributed by atoms with E-state index in [1.165, 1.54) is 0 Å². The second kappa shape index (κ2) is 6.02. The molecule has 0 heterocycles. The zero-order valence-electron chi connectivity index (χ0n) is 12.3. The summed E-state index contributed by atoms with van der Waals surface area (Å²) in [7, 11) is 1.67. The second-order valence-electron chi connectivity index (χ2n) is 6.06. The summed E-state index contributed by atoms with van der Waals surface area (Å²) in [6, 6.07) is 0. The first-order valence-electron chi connectivity index (χ1n) is 6.79. The highest BCUT2D eigenvalue weighted by molar-refractivity contribution is 5.82. The Morgan fingerprint density at radius 2 is 2.11 bits per heavy atom. The van der Waals surface area contributed by atoms with E-state index in [0.717, 1.165) is 12.8 Å². The van der Waals surface area contributed by atoms with Gasteiger partial charge >= 0.3 is 5.97 Å². The van der Waals surface area contributed by atoms with Crippen LogP contribution in [0.3, 0.4) is 0 Å². The number of carbonyl (C=O) groups excluding carboxylic acids is 1. The molecule has 1 aliphatic carbocycles. The maximum absolute atomic E-state index is 12.3. The third kappa shape index (κ3) is 3.23. The highest BCUT2D eigenvalue weighted by Crippen LogP contribution is 2.47. The Morgan fingerprint density at radius 1 is 1.44 bits per heavy atom. The lowest BCUT2D eigenvalue weighted by Gasteiger charge is -2.33. The molecule has 106 valence electrons. The van der Waals surface area contributed by atoms with Crippen LogP contribution in [0.2, 0.25) is 0 Å². The molecule has 1 aliphatic rings. The van der Waals surface area contributed by atoms with Gasteiger partial charge in [0.25, 0.3) is 0 Å². The zero-order valence-corrected chi connectivity index (χ0v) is 12.3. The van der Waals surface area contributed by atoms with Crippen molar-refractivity contribution < 1.29 is 14.3 Å². The number of esters is 1.